The van der Waals surface area contributed by atoms with Gasteiger partial charge in [-0.15, -0.1) is 0 Å². The molecule has 0 saturated heterocycles. The zero-order valence-corrected chi connectivity index (χ0v) is 13.7. The van der Waals surface area contributed by atoms with Gasteiger partial charge in [0, 0.05) is 6.04 Å². The third-order valence-corrected chi connectivity index (χ3v) is 6.12. The van der Waals surface area contributed by atoms with Gasteiger partial charge in [-0.05, 0) is 43.2 Å². The molecule has 7 nitrogen and oxygen atoms in total. The van der Waals surface area contributed by atoms with Crippen LogP contribution in [0.15, 0.2) is 17.0 Å². The largest absolute Gasteiger partial charge is 0.496 e. The number of carboxylic acids is 1. The van der Waals surface area contributed by atoms with Gasteiger partial charge in [-0.25, -0.2) is 17.9 Å². The Balaban J connectivity index is 1.97. The van der Waals surface area contributed by atoms with E-state index in [1.165, 1.54) is 32.8 Å². The topological polar surface area (TPSA) is 102 Å². The van der Waals surface area contributed by atoms with E-state index in [1.807, 2.05) is 0 Å². The highest BCUT2D eigenvalue weighted by atomic mass is 32.2. The highest BCUT2D eigenvalue weighted by molar-refractivity contribution is 7.89. The minimum atomic E-state index is -3.86. The molecule has 2 fully saturated rings. The summed E-state index contributed by atoms with van der Waals surface area (Å²) in [6.07, 6.45) is 2.87. The molecule has 2 aliphatic carbocycles. The van der Waals surface area contributed by atoms with Gasteiger partial charge in [-0.1, -0.05) is 0 Å². The Kier molecular flexibility index (Phi) is 3.97. The lowest BCUT2D eigenvalue weighted by molar-refractivity contribution is 0.0689. The van der Waals surface area contributed by atoms with Crippen LogP contribution in [0.1, 0.15) is 29.6 Å². The summed E-state index contributed by atoms with van der Waals surface area (Å²) in [5.41, 5.74) is -0.299. The van der Waals surface area contributed by atoms with Crippen molar-refractivity contribution in [3.8, 4) is 11.5 Å². The molecule has 2 N–H and O–H groups in total. The van der Waals surface area contributed by atoms with Crippen LogP contribution in [0.4, 0.5) is 0 Å². The SMILES string of the molecule is COc1ccc(S(=O)(=O)NC2CC3CC3C2)c(OC)c1C(=O)O. The lowest BCUT2D eigenvalue weighted by atomic mass is 10.2. The van der Waals surface area contributed by atoms with Gasteiger partial charge in [0.05, 0.1) is 14.2 Å². The van der Waals surface area contributed by atoms with E-state index in [0.717, 1.165) is 12.8 Å². The fraction of sp³-hybridized carbons (Fsp3) is 0.533. The maximum Gasteiger partial charge on any atom is 0.343 e. The molecule has 0 heterocycles. The zero-order valence-electron chi connectivity index (χ0n) is 12.9. The Labute approximate surface area is 134 Å². The van der Waals surface area contributed by atoms with E-state index in [9.17, 15) is 18.3 Å². The van der Waals surface area contributed by atoms with E-state index in [4.69, 9.17) is 9.47 Å². The molecule has 0 spiro atoms. The quantitative estimate of drug-likeness (QED) is 0.812. The summed E-state index contributed by atoms with van der Waals surface area (Å²) < 4.78 is 38.0. The maximum atomic E-state index is 12.6. The molecule has 23 heavy (non-hydrogen) atoms. The highest BCUT2D eigenvalue weighted by Crippen LogP contribution is 2.52. The number of aromatic carboxylic acids is 1. The van der Waals surface area contributed by atoms with Crippen molar-refractivity contribution in [2.24, 2.45) is 11.8 Å². The second-order valence-corrected chi connectivity index (χ2v) is 7.71. The first kappa shape index (κ1) is 16.1. The Morgan fingerprint density at radius 3 is 2.35 bits per heavy atom. The number of carbonyl (C=O) groups is 1. The fourth-order valence-electron chi connectivity index (χ4n) is 3.43. The second-order valence-electron chi connectivity index (χ2n) is 6.02. The van der Waals surface area contributed by atoms with E-state index in [-0.39, 0.29) is 28.0 Å². The summed E-state index contributed by atoms with van der Waals surface area (Å²) in [5.74, 6) is -0.203. The molecule has 2 atom stereocenters. The molecule has 0 aromatic heterocycles. The average molecular weight is 341 g/mol. The molecule has 3 rings (SSSR count). The van der Waals surface area contributed by atoms with Gasteiger partial charge >= 0.3 is 5.97 Å². The molecule has 0 bridgehead atoms. The van der Waals surface area contributed by atoms with Crippen molar-refractivity contribution in [2.45, 2.75) is 30.2 Å². The van der Waals surface area contributed by atoms with Gasteiger partial charge < -0.3 is 14.6 Å². The van der Waals surface area contributed by atoms with Gasteiger partial charge in [-0.3, -0.25) is 0 Å². The molecule has 2 aliphatic rings. The van der Waals surface area contributed by atoms with Crippen LogP contribution in [0.5, 0.6) is 11.5 Å². The lowest BCUT2D eigenvalue weighted by Crippen LogP contribution is -2.34. The molecule has 0 aliphatic heterocycles. The number of sulfonamides is 1. The number of benzene rings is 1. The number of ether oxygens (including phenoxy) is 2. The van der Waals surface area contributed by atoms with Crippen molar-refractivity contribution in [1.82, 2.24) is 4.72 Å². The van der Waals surface area contributed by atoms with Crippen molar-refractivity contribution in [2.75, 3.05) is 14.2 Å². The van der Waals surface area contributed by atoms with Crippen LogP contribution in [0.3, 0.4) is 0 Å². The molecule has 1 aromatic carbocycles. The second kappa shape index (κ2) is 5.68. The van der Waals surface area contributed by atoms with Crippen molar-refractivity contribution in [3.63, 3.8) is 0 Å². The van der Waals surface area contributed by atoms with Crippen LogP contribution in [0, 0.1) is 11.8 Å². The Morgan fingerprint density at radius 2 is 1.83 bits per heavy atom. The number of nitrogens with one attached hydrogen (secondary N) is 1. The molecular formula is C15H19NO6S. The summed E-state index contributed by atoms with van der Waals surface area (Å²) >= 11 is 0. The van der Waals surface area contributed by atoms with Crippen LogP contribution >= 0.6 is 0 Å². The number of fused-ring (bicyclic) bond motifs is 1. The van der Waals surface area contributed by atoms with Crippen LogP contribution in [0.25, 0.3) is 0 Å². The van der Waals surface area contributed by atoms with Crippen LogP contribution in [-0.4, -0.2) is 39.8 Å². The van der Waals surface area contributed by atoms with Gasteiger partial charge in [0.25, 0.3) is 0 Å². The first-order valence-electron chi connectivity index (χ1n) is 7.38. The molecule has 8 heteroatoms. The zero-order chi connectivity index (χ0) is 16.8. The number of methoxy groups -OCH3 is 2. The number of hydrogen-bond donors (Lipinski definition) is 2. The van der Waals surface area contributed by atoms with E-state index < -0.39 is 16.0 Å². The van der Waals surface area contributed by atoms with Crippen LogP contribution in [-0.2, 0) is 10.0 Å². The van der Waals surface area contributed by atoms with Crippen LogP contribution < -0.4 is 14.2 Å². The van der Waals surface area contributed by atoms with E-state index >= 15 is 0 Å². The van der Waals surface area contributed by atoms with E-state index in [2.05, 4.69) is 4.72 Å². The molecule has 0 amide bonds. The minimum absolute atomic E-state index is 0.0513. The average Bonchev–Trinajstić information content (AvgIpc) is 3.11. The normalized spacial score (nSPS) is 25.7. The Morgan fingerprint density at radius 1 is 1.17 bits per heavy atom. The monoisotopic (exact) mass is 341 g/mol. The third-order valence-electron chi connectivity index (χ3n) is 4.58. The van der Waals surface area contributed by atoms with Gasteiger partial charge in [-0.2, -0.15) is 0 Å². The lowest BCUT2D eigenvalue weighted by Gasteiger charge is -2.18. The summed E-state index contributed by atoms with van der Waals surface area (Å²) in [6.45, 7) is 0. The molecule has 0 radical (unpaired) electrons. The predicted molar refractivity (Wildman–Crippen MR) is 81.4 cm³/mol. The first-order chi connectivity index (χ1) is 10.9. The van der Waals surface area contributed by atoms with Crippen molar-refractivity contribution in [1.29, 1.82) is 0 Å². The van der Waals surface area contributed by atoms with E-state index in [1.54, 1.807) is 0 Å². The number of carboxylic acid groups (broad SMARTS) is 1. The predicted octanol–water partition coefficient (Wildman–Crippen LogP) is 1.48. The molecule has 1 aromatic rings. The van der Waals surface area contributed by atoms with Crippen molar-refractivity contribution in [3.05, 3.63) is 17.7 Å². The summed E-state index contributed by atoms with van der Waals surface area (Å²) in [4.78, 5) is 11.3. The smallest absolute Gasteiger partial charge is 0.343 e. The first-order valence-corrected chi connectivity index (χ1v) is 8.86. The van der Waals surface area contributed by atoms with Gasteiger partial charge in [0.2, 0.25) is 10.0 Å². The van der Waals surface area contributed by atoms with Gasteiger partial charge in [0.15, 0.2) is 5.75 Å². The minimum Gasteiger partial charge on any atom is -0.496 e. The summed E-state index contributed by atoms with van der Waals surface area (Å²) in [5, 5.41) is 9.35. The van der Waals surface area contributed by atoms with Gasteiger partial charge in [0.1, 0.15) is 16.2 Å². The molecule has 2 saturated carbocycles. The molecular weight excluding hydrogens is 322 g/mol. The maximum absolute atomic E-state index is 12.6. The summed E-state index contributed by atoms with van der Waals surface area (Å²) in [6, 6.07) is 2.54. The fourth-order valence-corrected chi connectivity index (χ4v) is 4.86. The molecule has 126 valence electrons. The standard InChI is InChI=1S/C15H19NO6S/c1-21-11-3-4-12(14(22-2)13(11)15(17)18)23(19,20)16-10-6-8-5-9(8)7-10/h3-4,8-10,16H,5-7H2,1-2H3,(H,17,18). The van der Waals surface area contributed by atoms with E-state index in [0.29, 0.717) is 11.8 Å². The Bertz CT molecular complexity index is 735. The molecule has 2 unspecified atom stereocenters. The van der Waals surface area contributed by atoms with Crippen LogP contribution in [0.2, 0.25) is 0 Å². The number of hydrogen-bond acceptors (Lipinski definition) is 5. The van der Waals surface area contributed by atoms with Crippen molar-refractivity contribution < 1.29 is 27.8 Å². The Hall–Kier alpha value is -1.80. The van der Waals surface area contributed by atoms with Crippen molar-refractivity contribution >= 4 is 16.0 Å². The number of rotatable bonds is 6. The third kappa shape index (κ3) is 2.88. The highest BCUT2D eigenvalue weighted by Gasteiger charge is 2.47. The summed E-state index contributed by atoms with van der Waals surface area (Å²) in [7, 11) is -1.31.